The summed E-state index contributed by atoms with van der Waals surface area (Å²) in [5, 5.41) is 10.4. The van der Waals surface area contributed by atoms with Crippen LogP contribution in [-0.2, 0) is 14.9 Å². The predicted molar refractivity (Wildman–Crippen MR) is 89.3 cm³/mol. The van der Waals surface area contributed by atoms with E-state index in [-0.39, 0.29) is 5.41 Å². The van der Waals surface area contributed by atoms with Gasteiger partial charge in [-0.2, -0.15) is 0 Å². The van der Waals surface area contributed by atoms with E-state index in [4.69, 9.17) is 9.47 Å². The molecule has 0 aromatic heterocycles. The van der Waals surface area contributed by atoms with Crippen molar-refractivity contribution in [2.75, 3.05) is 26.9 Å². The number of phenols is 1. The van der Waals surface area contributed by atoms with Crippen molar-refractivity contribution in [2.24, 2.45) is 0 Å². The van der Waals surface area contributed by atoms with Crippen molar-refractivity contribution in [3.05, 3.63) is 54.1 Å². The average molecular weight is 300 g/mol. The lowest BCUT2D eigenvalue weighted by atomic mass is 9.84. The molecule has 22 heavy (non-hydrogen) atoms. The summed E-state index contributed by atoms with van der Waals surface area (Å²) in [7, 11) is 1.66. The lowest BCUT2D eigenvalue weighted by molar-refractivity contribution is 0.0484. The normalized spacial score (nSPS) is 11.6. The van der Waals surface area contributed by atoms with E-state index in [1.807, 2.05) is 42.5 Å². The molecule has 3 nitrogen and oxygen atoms in total. The Kier molecular flexibility index (Phi) is 5.58. The number of phenolic OH excluding ortho intramolecular Hbond substituents is 1. The summed E-state index contributed by atoms with van der Waals surface area (Å²) in [6, 6.07) is 15.8. The lowest BCUT2D eigenvalue weighted by Gasteiger charge is -2.25. The summed E-state index contributed by atoms with van der Waals surface area (Å²) < 4.78 is 10.6. The zero-order valence-electron chi connectivity index (χ0n) is 13.5. The van der Waals surface area contributed by atoms with Crippen molar-refractivity contribution in [2.45, 2.75) is 19.3 Å². The highest BCUT2D eigenvalue weighted by Gasteiger charge is 2.22. The van der Waals surface area contributed by atoms with Crippen molar-refractivity contribution < 1.29 is 14.6 Å². The Morgan fingerprint density at radius 3 is 2.36 bits per heavy atom. The first-order valence-electron chi connectivity index (χ1n) is 7.50. The highest BCUT2D eigenvalue weighted by Crippen LogP contribution is 2.34. The molecule has 1 N–H and O–H groups in total. The number of hydrogen-bond donors (Lipinski definition) is 1. The van der Waals surface area contributed by atoms with E-state index >= 15 is 0 Å². The van der Waals surface area contributed by atoms with E-state index in [1.54, 1.807) is 7.11 Å². The minimum Gasteiger partial charge on any atom is -0.507 e. The van der Waals surface area contributed by atoms with Gasteiger partial charge in [0.05, 0.1) is 19.8 Å². The standard InChI is InChI=1S/C19H24O3/c1-19(2,14-22-12-11-21-3)16-9-10-17(18(20)13-16)15-7-5-4-6-8-15/h4-10,13,20H,11-12,14H2,1-3H3. The first-order chi connectivity index (χ1) is 10.5. The van der Waals surface area contributed by atoms with E-state index in [2.05, 4.69) is 19.9 Å². The molecule has 2 rings (SSSR count). The third-order valence-corrected chi connectivity index (χ3v) is 3.76. The number of aromatic hydroxyl groups is 1. The molecule has 0 spiro atoms. The van der Waals surface area contributed by atoms with Gasteiger partial charge in [0.25, 0.3) is 0 Å². The van der Waals surface area contributed by atoms with E-state index in [0.29, 0.717) is 25.6 Å². The summed E-state index contributed by atoms with van der Waals surface area (Å²) in [6.07, 6.45) is 0. The quantitative estimate of drug-likeness (QED) is 0.786. The zero-order valence-corrected chi connectivity index (χ0v) is 13.5. The van der Waals surface area contributed by atoms with Crippen LogP contribution in [0.15, 0.2) is 48.5 Å². The molecule has 0 aliphatic rings. The van der Waals surface area contributed by atoms with Gasteiger partial charge in [-0.25, -0.2) is 0 Å². The molecule has 2 aromatic rings. The van der Waals surface area contributed by atoms with Crippen LogP contribution in [0, 0.1) is 0 Å². The summed E-state index contributed by atoms with van der Waals surface area (Å²) in [6.45, 7) is 5.97. The van der Waals surface area contributed by atoms with Crippen LogP contribution in [0.3, 0.4) is 0 Å². The topological polar surface area (TPSA) is 38.7 Å². The van der Waals surface area contributed by atoms with E-state index in [1.165, 1.54) is 0 Å². The Labute approximate surface area is 132 Å². The van der Waals surface area contributed by atoms with Crippen molar-refractivity contribution in [1.82, 2.24) is 0 Å². The fourth-order valence-electron chi connectivity index (χ4n) is 2.37. The van der Waals surface area contributed by atoms with Crippen molar-refractivity contribution in [3.63, 3.8) is 0 Å². The van der Waals surface area contributed by atoms with Gasteiger partial charge in [-0.15, -0.1) is 0 Å². The van der Waals surface area contributed by atoms with Gasteiger partial charge in [0.1, 0.15) is 5.75 Å². The maximum atomic E-state index is 10.4. The van der Waals surface area contributed by atoms with E-state index in [9.17, 15) is 5.11 Å². The second-order valence-electron chi connectivity index (χ2n) is 6.03. The fraction of sp³-hybridized carbons (Fsp3) is 0.368. The molecule has 0 saturated heterocycles. The van der Waals surface area contributed by atoms with E-state index in [0.717, 1.165) is 16.7 Å². The van der Waals surface area contributed by atoms with Crippen LogP contribution in [0.25, 0.3) is 11.1 Å². The molecule has 0 aliphatic carbocycles. The minimum absolute atomic E-state index is 0.166. The van der Waals surface area contributed by atoms with Crippen LogP contribution in [0.2, 0.25) is 0 Å². The van der Waals surface area contributed by atoms with Gasteiger partial charge in [0.15, 0.2) is 0 Å². The summed E-state index contributed by atoms with van der Waals surface area (Å²) in [4.78, 5) is 0. The van der Waals surface area contributed by atoms with Gasteiger partial charge >= 0.3 is 0 Å². The van der Waals surface area contributed by atoms with Crippen LogP contribution in [0.4, 0.5) is 0 Å². The number of ether oxygens (including phenoxy) is 2. The molecular weight excluding hydrogens is 276 g/mol. The smallest absolute Gasteiger partial charge is 0.123 e. The van der Waals surface area contributed by atoms with Gasteiger partial charge in [0.2, 0.25) is 0 Å². The summed E-state index contributed by atoms with van der Waals surface area (Å²) in [5.41, 5.74) is 2.75. The summed E-state index contributed by atoms with van der Waals surface area (Å²) in [5.74, 6) is 0.300. The summed E-state index contributed by atoms with van der Waals surface area (Å²) >= 11 is 0. The molecule has 3 heteroatoms. The molecule has 118 valence electrons. The van der Waals surface area contributed by atoms with Crippen LogP contribution in [-0.4, -0.2) is 32.0 Å². The number of rotatable bonds is 7. The molecule has 0 amide bonds. The minimum atomic E-state index is -0.166. The maximum absolute atomic E-state index is 10.4. The molecule has 0 aliphatic heterocycles. The Bertz CT molecular complexity index is 591. The lowest BCUT2D eigenvalue weighted by Crippen LogP contribution is -2.25. The van der Waals surface area contributed by atoms with Crippen molar-refractivity contribution in [3.8, 4) is 16.9 Å². The zero-order chi connectivity index (χ0) is 16.0. The number of hydrogen-bond acceptors (Lipinski definition) is 3. The molecule has 0 unspecified atom stereocenters. The highest BCUT2D eigenvalue weighted by atomic mass is 16.5. The molecule has 0 radical (unpaired) electrons. The monoisotopic (exact) mass is 300 g/mol. The first kappa shape index (κ1) is 16.5. The fourth-order valence-corrected chi connectivity index (χ4v) is 2.37. The largest absolute Gasteiger partial charge is 0.507 e. The van der Waals surface area contributed by atoms with Crippen LogP contribution >= 0.6 is 0 Å². The van der Waals surface area contributed by atoms with Gasteiger partial charge in [-0.05, 0) is 17.2 Å². The molecule has 0 bridgehead atoms. The molecule has 0 heterocycles. The maximum Gasteiger partial charge on any atom is 0.123 e. The van der Waals surface area contributed by atoms with Crippen LogP contribution in [0.5, 0.6) is 5.75 Å². The van der Waals surface area contributed by atoms with Crippen LogP contribution in [0.1, 0.15) is 19.4 Å². The molecular formula is C19H24O3. The molecule has 0 fully saturated rings. The third-order valence-electron chi connectivity index (χ3n) is 3.76. The van der Waals surface area contributed by atoms with Crippen molar-refractivity contribution >= 4 is 0 Å². The Morgan fingerprint density at radius 1 is 1.00 bits per heavy atom. The number of benzene rings is 2. The van der Waals surface area contributed by atoms with Gasteiger partial charge in [-0.3, -0.25) is 0 Å². The highest BCUT2D eigenvalue weighted by molar-refractivity contribution is 5.70. The predicted octanol–water partition coefficient (Wildman–Crippen LogP) is 4.00. The molecule has 0 saturated carbocycles. The second kappa shape index (κ2) is 7.43. The Balaban J connectivity index is 2.14. The van der Waals surface area contributed by atoms with Crippen molar-refractivity contribution in [1.29, 1.82) is 0 Å². The van der Waals surface area contributed by atoms with Gasteiger partial charge in [0, 0.05) is 18.1 Å². The van der Waals surface area contributed by atoms with E-state index < -0.39 is 0 Å². The Morgan fingerprint density at radius 2 is 1.73 bits per heavy atom. The first-order valence-corrected chi connectivity index (χ1v) is 7.50. The molecule has 0 atom stereocenters. The van der Waals surface area contributed by atoms with Gasteiger partial charge in [-0.1, -0.05) is 56.3 Å². The Hall–Kier alpha value is -1.84. The number of methoxy groups -OCH3 is 1. The second-order valence-corrected chi connectivity index (χ2v) is 6.03. The van der Waals surface area contributed by atoms with Gasteiger partial charge < -0.3 is 14.6 Å². The van der Waals surface area contributed by atoms with Crippen LogP contribution < -0.4 is 0 Å². The SMILES string of the molecule is COCCOCC(C)(C)c1ccc(-c2ccccc2)c(O)c1. The third kappa shape index (κ3) is 4.09. The average Bonchev–Trinajstić information content (AvgIpc) is 2.52. The molecule has 2 aromatic carbocycles.